The Hall–Kier alpha value is -1.43. The topological polar surface area (TPSA) is 57.4 Å². The number of benzene rings is 1. The van der Waals surface area contributed by atoms with Gasteiger partial charge in [0.05, 0.1) is 0 Å². The van der Waals surface area contributed by atoms with Crippen molar-refractivity contribution < 1.29 is 14.0 Å². The number of hydrogen-bond donors (Lipinski definition) is 0. The van der Waals surface area contributed by atoms with Crippen molar-refractivity contribution in [3.63, 3.8) is 0 Å². The van der Waals surface area contributed by atoms with Crippen molar-refractivity contribution in [3.8, 4) is 0 Å². The molecule has 0 saturated carbocycles. The molecule has 0 radical (unpaired) electrons. The maximum atomic E-state index is 6.41. The molecule has 21 heavy (non-hydrogen) atoms. The lowest BCUT2D eigenvalue weighted by Gasteiger charge is -2.32. The quantitative estimate of drug-likeness (QED) is 0.813. The molecule has 3 rings (SSSR count). The average Bonchev–Trinajstić information content (AvgIpc) is 3.06. The van der Waals surface area contributed by atoms with Crippen molar-refractivity contribution in [2.75, 3.05) is 20.3 Å². The van der Waals surface area contributed by atoms with Crippen LogP contribution in [0.3, 0.4) is 0 Å². The first-order valence-corrected chi connectivity index (χ1v) is 7.35. The van der Waals surface area contributed by atoms with Gasteiger partial charge in [-0.15, -0.1) is 11.6 Å². The second-order valence-corrected chi connectivity index (χ2v) is 5.48. The van der Waals surface area contributed by atoms with Crippen LogP contribution in [-0.2, 0) is 15.1 Å². The minimum Gasteiger partial charge on any atom is -0.381 e. The normalized spacial score (nSPS) is 19.3. The number of hydrogen-bond acceptors (Lipinski definition) is 5. The van der Waals surface area contributed by atoms with Crippen LogP contribution in [0.5, 0.6) is 0 Å². The van der Waals surface area contributed by atoms with Gasteiger partial charge in [0.15, 0.2) is 0 Å². The molecule has 1 atom stereocenters. The van der Waals surface area contributed by atoms with Gasteiger partial charge in [-0.3, -0.25) is 0 Å². The van der Waals surface area contributed by atoms with E-state index in [-0.39, 0.29) is 0 Å². The molecular weight excluding hydrogens is 292 g/mol. The Bertz CT molecular complexity index is 582. The van der Waals surface area contributed by atoms with Gasteiger partial charge in [0, 0.05) is 33.2 Å². The number of nitrogens with zero attached hydrogens (tertiary/aromatic N) is 2. The minimum atomic E-state index is -0.534. The van der Waals surface area contributed by atoms with Gasteiger partial charge in [-0.1, -0.05) is 35.5 Å². The van der Waals surface area contributed by atoms with Crippen molar-refractivity contribution in [1.29, 1.82) is 0 Å². The maximum absolute atomic E-state index is 6.41. The van der Waals surface area contributed by atoms with Crippen molar-refractivity contribution in [1.82, 2.24) is 10.1 Å². The van der Waals surface area contributed by atoms with Gasteiger partial charge in [-0.05, 0) is 5.56 Å². The molecule has 0 N–H and O–H groups in total. The number of ether oxygens (including phenoxy) is 2. The van der Waals surface area contributed by atoms with Gasteiger partial charge in [-0.2, -0.15) is 4.98 Å². The highest BCUT2D eigenvalue weighted by atomic mass is 35.5. The smallest absolute Gasteiger partial charge is 0.249 e. The molecule has 2 heterocycles. The maximum Gasteiger partial charge on any atom is 0.249 e. The summed E-state index contributed by atoms with van der Waals surface area (Å²) in [5.41, 5.74) is 0.389. The molecule has 1 saturated heterocycles. The molecule has 1 fully saturated rings. The molecule has 1 aromatic carbocycles. The zero-order valence-corrected chi connectivity index (χ0v) is 12.5. The summed E-state index contributed by atoms with van der Waals surface area (Å²) in [7, 11) is 1.66. The summed E-state index contributed by atoms with van der Waals surface area (Å²) in [6.07, 6.45) is 1.42. The van der Waals surface area contributed by atoms with E-state index in [9.17, 15) is 0 Å². The number of halogens is 1. The van der Waals surface area contributed by atoms with Crippen LogP contribution >= 0.6 is 11.6 Å². The fourth-order valence-electron chi connectivity index (χ4n) is 2.51. The van der Waals surface area contributed by atoms with E-state index in [0.29, 0.717) is 37.8 Å². The van der Waals surface area contributed by atoms with Crippen molar-refractivity contribution in [2.45, 2.75) is 23.8 Å². The van der Waals surface area contributed by atoms with Gasteiger partial charge in [0.1, 0.15) is 11.0 Å². The summed E-state index contributed by atoms with van der Waals surface area (Å²) in [5.74, 6) is 0.936. The Balaban J connectivity index is 1.86. The van der Waals surface area contributed by atoms with Crippen molar-refractivity contribution in [2.24, 2.45) is 0 Å². The monoisotopic (exact) mass is 308 g/mol. The molecule has 1 aliphatic heterocycles. The van der Waals surface area contributed by atoms with Gasteiger partial charge in [-0.25, -0.2) is 0 Å². The van der Waals surface area contributed by atoms with Crippen molar-refractivity contribution >= 4 is 11.6 Å². The van der Waals surface area contributed by atoms with E-state index in [2.05, 4.69) is 10.1 Å². The fraction of sp³-hybridized carbons (Fsp3) is 0.467. The van der Waals surface area contributed by atoms with Crippen LogP contribution in [0.2, 0.25) is 0 Å². The predicted molar refractivity (Wildman–Crippen MR) is 77.2 cm³/mol. The SMILES string of the molecule is COC1(c2noc(C(Cl)c3ccccc3)n2)CCOCC1. The summed E-state index contributed by atoms with van der Waals surface area (Å²) in [5, 5.41) is 3.62. The lowest BCUT2D eigenvalue weighted by Crippen LogP contribution is -2.36. The summed E-state index contributed by atoms with van der Waals surface area (Å²) < 4.78 is 16.4. The molecule has 2 aromatic rings. The Labute approximate surface area is 128 Å². The molecule has 0 spiro atoms. The van der Waals surface area contributed by atoms with Gasteiger partial charge >= 0.3 is 0 Å². The number of aromatic nitrogens is 2. The predicted octanol–water partition coefficient (Wildman–Crippen LogP) is 3.05. The van der Waals surface area contributed by atoms with Crippen LogP contribution in [0, 0.1) is 0 Å². The Kier molecular flexibility index (Phi) is 4.24. The molecule has 112 valence electrons. The molecule has 1 aromatic heterocycles. The highest BCUT2D eigenvalue weighted by Gasteiger charge is 2.39. The number of methoxy groups -OCH3 is 1. The van der Waals surface area contributed by atoms with Gasteiger partial charge in [0.25, 0.3) is 0 Å². The summed E-state index contributed by atoms with van der Waals surface area (Å²) in [6.45, 7) is 1.25. The van der Waals surface area contributed by atoms with E-state index in [4.69, 9.17) is 25.6 Å². The third-order valence-electron chi connectivity index (χ3n) is 3.85. The molecule has 0 amide bonds. The Morgan fingerprint density at radius 1 is 1.24 bits per heavy atom. The van der Waals surface area contributed by atoms with Crippen LogP contribution in [0.25, 0.3) is 0 Å². The van der Waals surface area contributed by atoms with E-state index in [1.54, 1.807) is 7.11 Å². The lowest BCUT2D eigenvalue weighted by atomic mass is 9.93. The fourth-order valence-corrected chi connectivity index (χ4v) is 2.74. The minimum absolute atomic E-state index is 0.390. The first-order valence-electron chi connectivity index (χ1n) is 6.91. The third-order valence-corrected chi connectivity index (χ3v) is 4.29. The number of alkyl halides is 1. The van der Waals surface area contributed by atoms with Gasteiger partial charge < -0.3 is 14.0 Å². The zero-order valence-electron chi connectivity index (χ0n) is 11.8. The van der Waals surface area contributed by atoms with E-state index in [1.165, 1.54) is 0 Å². The summed E-state index contributed by atoms with van der Waals surface area (Å²) in [6, 6.07) is 9.66. The standard InChI is InChI=1S/C15H17ClN2O3/c1-19-15(7-9-20-10-8-15)14-17-13(21-18-14)12(16)11-5-3-2-4-6-11/h2-6,12H,7-10H2,1H3. The second-order valence-electron chi connectivity index (χ2n) is 5.04. The molecule has 0 bridgehead atoms. The first kappa shape index (κ1) is 14.5. The molecule has 1 unspecified atom stereocenters. The molecule has 1 aliphatic rings. The first-order chi connectivity index (χ1) is 10.2. The van der Waals surface area contributed by atoms with Crippen LogP contribution in [0.15, 0.2) is 34.9 Å². The average molecular weight is 309 g/mol. The lowest BCUT2D eigenvalue weighted by molar-refractivity contribution is -0.101. The van der Waals surface area contributed by atoms with E-state index < -0.39 is 11.0 Å². The summed E-state index contributed by atoms with van der Waals surface area (Å²) in [4.78, 5) is 4.46. The van der Waals surface area contributed by atoms with Crippen LogP contribution in [0.4, 0.5) is 0 Å². The zero-order chi connectivity index (χ0) is 14.7. The molecule has 6 heteroatoms. The second kappa shape index (κ2) is 6.13. The summed E-state index contributed by atoms with van der Waals surface area (Å²) >= 11 is 6.41. The molecule has 5 nitrogen and oxygen atoms in total. The third kappa shape index (κ3) is 2.81. The van der Waals surface area contributed by atoms with Crippen molar-refractivity contribution in [3.05, 3.63) is 47.6 Å². The number of rotatable bonds is 4. The molecular formula is C15H17ClN2O3. The van der Waals surface area contributed by atoms with Gasteiger partial charge in [0.2, 0.25) is 11.7 Å². The van der Waals surface area contributed by atoms with Crippen LogP contribution in [0.1, 0.15) is 35.5 Å². The van der Waals surface area contributed by atoms with E-state index in [0.717, 1.165) is 5.56 Å². The Morgan fingerprint density at radius 2 is 1.95 bits per heavy atom. The molecule has 0 aliphatic carbocycles. The Morgan fingerprint density at radius 3 is 2.62 bits per heavy atom. The van der Waals surface area contributed by atoms with E-state index in [1.807, 2.05) is 30.3 Å². The van der Waals surface area contributed by atoms with E-state index >= 15 is 0 Å². The van der Waals surface area contributed by atoms with Crippen LogP contribution in [-0.4, -0.2) is 30.5 Å². The highest BCUT2D eigenvalue weighted by Crippen LogP contribution is 2.35. The largest absolute Gasteiger partial charge is 0.381 e. The van der Waals surface area contributed by atoms with Crippen LogP contribution < -0.4 is 0 Å². The highest BCUT2D eigenvalue weighted by molar-refractivity contribution is 6.22.